The van der Waals surface area contributed by atoms with Crippen molar-refractivity contribution in [1.82, 2.24) is 0 Å². The number of benzene rings is 2. The molecule has 0 aromatic heterocycles. The Morgan fingerprint density at radius 2 is 1.90 bits per heavy atom. The maximum Gasteiger partial charge on any atom is 0.335 e. The van der Waals surface area contributed by atoms with E-state index in [1.165, 1.54) is 25.3 Å². The van der Waals surface area contributed by atoms with Crippen molar-refractivity contribution >= 4 is 33.5 Å². The zero-order valence-electron chi connectivity index (χ0n) is 11.1. The Hall–Kier alpha value is -2.34. The van der Waals surface area contributed by atoms with Crippen molar-refractivity contribution in [2.24, 2.45) is 0 Å². The van der Waals surface area contributed by atoms with Crippen LogP contribution in [0.5, 0.6) is 5.75 Å². The number of carboxylic acids is 1. The van der Waals surface area contributed by atoms with E-state index in [0.29, 0.717) is 21.5 Å². The lowest BCUT2D eigenvalue weighted by atomic mass is 10.1. The van der Waals surface area contributed by atoms with Gasteiger partial charge in [0.1, 0.15) is 5.75 Å². The van der Waals surface area contributed by atoms with E-state index in [2.05, 4.69) is 21.2 Å². The average Bonchev–Trinajstić information content (AvgIpc) is 2.47. The third kappa shape index (κ3) is 3.41. The molecule has 0 radical (unpaired) electrons. The highest BCUT2D eigenvalue weighted by atomic mass is 79.9. The first-order valence-corrected chi connectivity index (χ1v) is 6.79. The number of halogens is 1. The van der Waals surface area contributed by atoms with Crippen LogP contribution in [0.25, 0.3) is 0 Å². The Kier molecular flexibility index (Phi) is 4.59. The number of carboxylic acid groups (broad SMARTS) is 1. The molecule has 5 nitrogen and oxygen atoms in total. The van der Waals surface area contributed by atoms with Crippen LogP contribution >= 0.6 is 15.9 Å². The molecule has 0 saturated carbocycles. The van der Waals surface area contributed by atoms with Crippen LogP contribution in [0.4, 0.5) is 5.69 Å². The number of carbonyl (C=O) groups is 2. The fourth-order valence-corrected chi connectivity index (χ4v) is 2.24. The van der Waals surface area contributed by atoms with E-state index in [1.807, 2.05) is 0 Å². The quantitative estimate of drug-likeness (QED) is 0.886. The maximum atomic E-state index is 12.2. The van der Waals surface area contributed by atoms with Gasteiger partial charge in [-0.05, 0) is 46.3 Å². The highest BCUT2D eigenvalue weighted by Crippen LogP contribution is 2.27. The molecule has 6 heteroatoms. The van der Waals surface area contributed by atoms with Crippen LogP contribution < -0.4 is 10.1 Å². The molecular formula is C15H12BrNO4. The topological polar surface area (TPSA) is 75.6 Å². The Bertz CT molecular complexity index is 700. The summed E-state index contributed by atoms with van der Waals surface area (Å²) in [5, 5.41) is 11.7. The monoisotopic (exact) mass is 349 g/mol. The number of nitrogens with one attached hydrogen (secondary N) is 1. The van der Waals surface area contributed by atoms with E-state index in [1.54, 1.807) is 24.3 Å². The summed E-state index contributed by atoms with van der Waals surface area (Å²) >= 11 is 3.30. The smallest absolute Gasteiger partial charge is 0.335 e. The van der Waals surface area contributed by atoms with Crippen molar-refractivity contribution in [1.29, 1.82) is 0 Å². The minimum Gasteiger partial charge on any atom is -0.495 e. The van der Waals surface area contributed by atoms with E-state index in [0.717, 1.165) is 0 Å². The molecule has 0 heterocycles. The second kappa shape index (κ2) is 6.41. The summed E-state index contributed by atoms with van der Waals surface area (Å²) in [5.41, 5.74) is 0.816. The standard InChI is InChI=1S/C15H12BrNO4/c1-21-13-7-6-9(15(19)20)8-12(13)17-14(18)10-4-2-3-5-11(10)16/h2-8H,1H3,(H,17,18)(H,19,20). The SMILES string of the molecule is COc1ccc(C(=O)O)cc1NC(=O)c1ccccc1Br. The maximum absolute atomic E-state index is 12.2. The van der Waals surface area contributed by atoms with Gasteiger partial charge in [-0.15, -0.1) is 0 Å². The van der Waals surface area contributed by atoms with Gasteiger partial charge in [0.05, 0.1) is 23.9 Å². The summed E-state index contributed by atoms with van der Waals surface area (Å²) in [6.07, 6.45) is 0. The zero-order chi connectivity index (χ0) is 15.4. The summed E-state index contributed by atoms with van der Waals surface area (Å²) in [6.45, 7) is 0. The highest BCUT2D eigenvalue weighted by Gasteiger charge is 2.14. The highest BCUT2D eigenvalue weighted by molar-refractivity contribution is 9.10. The molecule has 21 heavy (non-hydrogen) atoms. The van der Waals surface area contributed by atoms with Gasteiger partial charge in [-0.1, -0.05) is 12.1 Å². The number of hydrogen-bond donors (Lipinski definition) is 2. The molecule has 1 amide bonds. The van der Waals surface area contributed by atoms with Gasteiger partial charge >= 0.3 is 5.97 Å². The van der Waals surface area contributed by atoms with Crippen LogP contribution in [0.3, 0.4) is 0 Å². The normalized spacial score (nSPS) is 10.0. The molecule has 0 aliphatic carbocycles. The van der Waals surface area contributed by atoms with Crippen molar-refractivity contribution < 1.29 is 19.4 Å². The summed E-state index contributed by atoms with van der Waals surface area (Å²) in [6, 6.07) is 11.2. The van der Waals surface area contributed by atoms with Crippen LogP contribution in [-0.4, -0.2) is 24.1 Å². The van der Waals surface area contributed by atoms with Gasteiger partial charge in [0, 0.05) is 4.47 Å². The molecule has 0 fully saturated rings. The van der Waals surface area contributed by atoms with Gasteiger partial charge in [0.2, 0.25) is 0 Å². The number of aromatic carboxylic acids is 1. The molecule has 0 aliphatic rings. The first kappa shape index (κ1) is 15.1. The van der Waals surface area contributed by atoms with Crippen LogP contribution in [0.15, 0.2) is 46.9 Å². The molecule has 2 aromatic carbocycles. The van der Waals surface area contributed by atoms with Gasteiger partial charge in [-0.2, -0.15) is 0 Å². The Morgan fingerprint density at radius 1 is 1.19 bits per heavy atom. The lowest BCUT2D eigenvalue weighted by molar-refractivity contribution is 0.0696. The molecule has 2 N–H and O–H groups in total. The molecule has 0 unspecified atom stereocenters. The van der Waals surface area contributed by atoms with Crippen molar-refractivity contribution in [3.05, 3.63) is 58.1 Å². The number of methoxy groups -OCH3 is 1. The molecule has 0 bridgehead atoms. The van der Waals surface area contributed by atoms with Gasteiger partial charge in [0.25, 0.3) is 5.91 Å². The number of amides is 1. The Labute approximate surface area is 129 Å². The average molecular weight is 350 g/mol. The molecule has 0 spiro atoms. The first-order valence-electron chi connectivity index (χ1n) is 6.00. The largest absolute Gasteiger partial charge is 0.495 e. The Balaban J connectivity index is 2.34. The Morgan fingerprint density at radius 3 is 2.52 bits per heavy atom. The van der Waals surface area contributed by atoms with Crippen LogP contribution in [-0.2, 0) is 0 Å². The van der Waals surface area contributed by atoms with Gasteiger partial charge in [-0.25, -0.2) is 4.79 Å². The fourth-order valence-electron chi connectivity index (χ4n) is 1.77. The summed E-state index contributed by atoms with van der Waals surface area (Å²) < 4.78 is 5.78. The summed E-state index contributed by atoms with van der Waals surface area (Å²) in [4.78, 5) is 23.2. The molecule has 0 saturated heterocycles. The lowest BCUT2D eigenvalue weighted by Gasteiger charge is -2.11. The number of rotatable bonds is 4. The molecule has 0 atom stereocenters. The number of hydrogen-bond acceptors (Lipinski definition) is 3. The van der Waals surface area contributed by atoms with Crippen molar-refractivity contribution in [3.63, 3.8) is 0 Å². The fraction of sp³-hybridized carbons (Fsp3) is 0.0667. The van der Waals surface area contributed by atoms with E-state index < -0.39 is 5.97 Å². The van der Waals surface area contributed by atoms with Gasteiger partial charge < -0.3 is 15.2 Å². The lowest BCUT2D eigenvalue weighted by Crippen LogP contribution is -2.14. The predicted molar refractivity (Wildman–Crippen MR) is 82.0 cm³/mol. The second-order valence-electron chi connectivity index (χ2n) is 4.15. The molecule has 2 rings (SSSR count). The summed E-state index contributed by atoms with van der Waals surface area (Å²) in [7, 11) is 1.45. The second-order valence-corrected chi connectivity index (χ2v) is 5.01. The molecular weight excluding hydrogens is 338 g/mol. The zero-order valence-corrected chi connectivity index (χ0v) is 12.7. The van der Waals surface area contributed by atoms with E-state index in [-0.39, 0.29) is 11.5 Å². The van der Waals surface area contributed by atoms with Crippen LogP contribution in [0.1, 0.15) is 20.7 Å². The minimum absolute atomic E-state index is 0.0678. The third-order valence-electron chi connectivity index (χ3n) is 2.81. The number of ether oxygens (including phenoxy) is 1. The number of anilines is 1. The molecule has 0 aliphatic heterocycles. The first-order chi connectivity index (χ1) is 10.0. The van der Waals surface area contributed by atoms with E-state index >= 15 is 0 Å². The van der Waals surface area contributed by atoms with Gasteiger partial charge in [0.15, 0.2) is 0 Å². The van der Waals surface area contributed by atoms with E-state index in [4.69, 9.17) is 9.84 Å². The third-order valence-corrected chi connectivity index (χ3v) is 3.50. The predicted octanol–water partition coefficient (Wildman–Crippen LogP) is 3.41. The number of carbonyl (C=O) groups excluding carboxylic acids is 1. The van der Waals surface area contributed by atoms with Crippen molar-refractivity contribution in [3.8, 4) is 5.75 Å². The minimum atomic E-state index is -1.07. The van der Waals surface area contributed by atoms with Crippen LogP contribution in [0, 0.1) is 0 Å². The van der Waals surface area contributed by atoms with Crippen molar-refractivity contribution in [2.45, 2.75) is 0 Å². The summed E-state index contributed by atoms with van der Waals surface area (Å²) in [5.74, 6) is -1.04. The van der Waals surface area contributed by atoms with Crippen molar-refractivity contribution in [2.75, 3.05) is 12.4 Å². The van der Waals surface area contributed by atoms with Crippen LogP contribution in [0.2, 0.25) is 0 Å². The molecule has 108 valence electrons. The van der Waals surface area contributed by atoms with E-state index in [9.17, 15) is 9.59 Å². The van der Waals surface area contributed by atoms with Gasteiger partial charge in [-0.3, -0.25) is 4.79 Å². The molecule has 2 aromatic rings.